The zero-order valence-corrected chi connectivity index (χ0v) is 15.0. The maximum atomic E-state index is 14.0. The maximum absolute atomic E-state index is 14.0. The number of thiazole rings is 1. The first-order chi connectivity index (χ1) is 12.7. The monoisotopic (exact) mass is 367 g/mol. The van der Waals surface area contributed by atoms with Crippen molar-refractivity contribution in [3.05, 3.63) is 70.8 Å². The van der Waals surface area contributed by atoms with E-state index in [4.69, 9.17) is 0 Å². The van der Waals surface area contributed by atoms with Crippen molar-refractivity contribution in [1.29, 1.82) is 0 Å². The summed E-state index contributed by atoms with van der Waals surface area (Å²) in [7, 11) is 0. The Labute approximate surface area is 155 Å². The zero-order chi connectivity index (χ0) is 17.9. The number of carbonyl (C=O) groups excluding carboxylic acids is 1. The largest absolute Gasteiger partial charge is 0.366 e. The summed E-state index contributed by atoms with van der Waals surface area (Å²) in [6.45, 7) is 2.37. The Balaban J connectivity index is 1.48. The van der Waals surface area contributed by atoms with E-state index in [-0.39, 0.29) is 11.7 Å². The first-order valence-electron chi connectivity index (χ1n) is 8.51. The third-order valence-electron chi connectivity index (χ3n) is 4.57. The van der Waals surface area contributed by atoms with Gasteiger partial charge in [-0.15, -0.1) is 11.3 Å². The van der Waals surface area contributed by atoms with Gasteiger partial charge in [-0.05, 0) is 12.1 Å². The first-order valence-corrected chi connectivity index (χ1v) is 9.39. The van der Waals surface area contributed by atoms with Gasteiger partial charge in [-0.1, -0.05) is 42.5 Å². The van der Waals surface area contributed by atoms with Crippen LogP contribution < -0.4 is 4.90 Å². The number of aromatic nitrogens is 1. The smallest absolute Gasteiger partial charge is 0.266 e. The lowest BCUT2D eigenvalue weighted by molar-refractivity contribution is 0.0752. The number of rotatable bonds is 3. The second kappa shape index (κ2) is 7.25. The van der Waals surface area contributed by atoms with Crippen LogP contribution >= 0.6 is 11.3 Å². The van der Waals surface area contributed by atoms with Crippen molar-refractivity contribution in [3.63, 3.8) is 0 Å². The molecular weight excluding hydrogens is 349 g/mol. The van der Waals surface area contributed by atoms with Gasteiger partial charge in [-0.3, -0.25) is 4.79 Å². The summed E-state index contributed by atoms with van der Waals surface area (Å²) < 4.78 is 14.0. The normalized spacial score (nSPS) is 14.5. The molecule has 0 aliphatic carbocycles. The third-order valence-corrected chi connectivity index (χ3v) is 5.38. The SMILES string of the molecule is O=C(c1scnc1-c1ccccc1)N1CCN(c2ccccc2F)CC1. The molecule has 1 amide bonds. The predicted octanol–water partition coefficient (Wildman–Crippen LogP) is 3.91. The van der Waals surface area contributed by atoms with Gasteiger partial charge in [0.25, 0.3) is 5.91 Å². The summed E-state index contributed by atoms with van der Waals surface area (Å²) in [6.07, 6.45) is 0. The van der Waals surface area contributed by atoms with Gasteiger partial charge in [0.05, 0.1) is 16.9 Å². The summed E-state index contributed by atoms with van der Waals surface area (Å²) in [5.41, 5.74) is 3.99. The fraction of sp³-hybridized carbons (Fsp3) is 0.200. The molecule has 0 unspecified atom stereocenters. The molecule has 2 aromatic carbocycles. The molecule has 4 nitrogen and oxygen atoms in total. The molecule has 0 atom stereocenters. The van der Waals surface area contributed by atoms with E-state index in [9.17, 15) is 9.18 Å². The molecule has 1 aliphatic heterocycles. The van der Waals surface area contributed by atoms with Crippen LogP contribution in [0.2, 0.25) is 0 Å². The molecule has 1 aliphatic rings. The Morgan fingerprint density at radius 2 is 1.65 bits per heavy atom. The number of hydrogen-bond acceptors (Lipinski definition) is 4. The molecule has 2 heterocycles. The summed E-state index contributed by atoms with van der Waals surface area (Å²) >= 11 is 1.37. The van der Waals surface area contributed by atoms with E-state index in [0.717, 1.165) is 11.3 Å². The molecule has 4 rings (SSSR count). The zero-order valence-electron chi connectivity index (χ0n) is 14.1. The Bertz CT molecular complexity index is 904. The van der Waals surface area contributed by atoms with Crippen LogP contribution in [0.3, 0.4) is 0 Å². The van der Waals surface area contributed by atoms with Crippen molar-refractivity contribution < 1.29 is 9.18 Å². The molecule has 26 heavy (non-hydrogen) atoms. The Hall–Kier alpha value is -2.73. The van der Waals surface area contributed by atoms with Crippen molar-refractivity contribution in [1.82, 2.24) is 9.88 Å². The van der Waals surface area contributed by atoms with Crippen LogP contribution in [0, 0.1) is 5.82 Å². The number of halogens is 1. The lowest BCUT2D eigenvalue weighted by atomic mass is 10.1. The molecule has 1 fully saturated rings. The number of carbonyl (C=O) groups is 1. The predicted molar refractivity (Wildman–Crippen MR) is 102 cm³/mol. The molecule has 0 saturated carbocycles. The Morgan fingerprint density at radius 3 is 2.38 bits per heavy atom. The summed E-state index contributed by atoms with van der Waals surface area (Å²) in [4.78, 5) is 21.8. The van der Waals surface area contributed by atoms with Gasteiger partial charge in [0.2, 0.25) is 0 Å². The van der Waals surface area contributed by atoms with E-state index in [1.807, 2.05) is 46.2 Å². The molecule has 1 aromatic heterocycles. The molecule has 0 radical (unpaired) electrons. The lowest BCUT2D eigenvalue weighted by Gasteiger charge is -2.36. The second-order valence-electron chi connectivity index (χ2n) is 6.13. The standard InChI is InChI=1S/C20H18FN3OS/c21-16-8-4-5-9-17(16)23-10-12-24(13-11-23)20(25)19-18(22-14-26-19)15-6-2-1-3-7-15/h1-9,14H,10-13H2. The highest BCUT2D eigenvalue weighted by atomic mass is 32.1. The number of benzene rings is 2. The molecule has 0 N–H and O–H groups in total. The molecule has 132 valence electrons. The Kier molecular flexibility index (Phi) is 4.67. The highest BCUT2D eigenvalue weighted by Gasteiger charge is 2.26. The quantitative estimate of drug-likeness (QED) is 0.704. The van der Waals surface area contributed by atoms with Crippen LogP contribution in [0.5, 0.6) is 0 Å². The van der Waals surface area contributed by atoms with E-state index < -0.39 is 0 Å². The Morgan fingerprint density at radius 1 is 0.962 bits per heavy atom. The van der Waals surface area contributed by atoms with E-state index in [1.54, 1.807) is 17.6 Å². The van der Waals surface area contributed by atoms with E-state index in [2.05, 4.69) is 4.98 Å². The molecule has 1 saturated heterocycles. The van der Waals surface area contributed by atoms with E-state index in [1.165, 1.54) is 17.4 Å². The summed E-state index contributed by atoms with van der Waals surface area (Å²) in [5, 5.41) is 0. The van der Waals surface area contributed by atoms with Gasteiger partial charge in [0.1, 0.15) is 10.7 Å². The van der Waals surface area contributed by atoms with Crippen LogP contribution in [0.4, 0.5) is 10.1 Å². The molecular formula is C20H18FN3OS. The highest BCUT2D eigenvalue weighted by Crippen LogP contribution is 2.27. The summed E-state index contributed by atoms with van der Waals surface area (Å²) in [5.74, 6) is -0.222. The average molecular weight is 367 g/mol. The maximum Gasteiger partial charge on any atom is 0.266 e. The molecule has 6 heteroatoms. The molecule has 3 aromatic rings. The number of anilines is 1. The van der Waals surface area contributed by atoms with Gasteiger partial charge < -0.3 is 9.80 Å². The van der Waals surface area contributed by atoms with Crippen LogP contribution in [0.25, 0.3) is 11.3 Å². The van der Waals surface area contributed by atoms with Crippen molar-refractivity contribution in [3.8, 4) is 11.3 Å². The topological polar surface area (TPSA) is 36.4 Å². The van der Waals surface area contributed by atoms with Crippen molar-refractivity contribution in [2.45, 2.75) is 0 Å². The van der Waals surface area contributed by atoms with Gasteiger partial charge in [0.15, 0.2) is 0 Å². The van der Waals surface area contributed by atoms with Crippen molar-refractivity contribution in [2.75, 3.05) is 31.1 Å². The number of para-hydroxylation sites is 1. The van der Waals surface area contributed by atoms with Gasteiger partial charge in [-0.2, -0.15) is 0 Å². The van der Waals surface area contributed by atoms with Gasteiger partial charge in [-0.25, -0.2) is 9.37 Å². The number of hydrogen-bond donors (Lipinski definition) is 0. The van der Waals surface area contributed by atoms with E-state index >= 15 is 0 Å². The fourth-order valence-corrected chi connectivity index (χ4v) is 3.98. The minimum absolute atomic E-state index is 0.000429. The van der Waals surface area contributed by atoms with Crippen molar-refractivity contribution in [2.24, 2.45) is 0 Å². The number of amides is 1. The van der Waals surface area contributed by atoms with Gasteiger partial charge in [0, 0.05) is 31.7 Å². The summed E-state index contributed by atoms with van der Waals surface area (Å²) in [6, 6.07) is 16.5. The third kappa shape index (κ3) is 3.20. The van der Waals surface area contributed by atoms with Crippen LogP contribution in [0.15, 0.2) is 60.1 Å². The van der Waals surface area contributed by atoms with Crippen LogP contribution in [-0.4, -0.2) is 42.0 Å². The van der Waals surface area contributed by atoms with Crippen LogP contribution in [-0.2, 0) is 0 Å². The molecule has 0 spiro atoms. The van der Waals surface area contributed by atoms with E-state index in [0.29, 0.717) is 36.7 Å². The highest BCUT2D eigenvalue weighted by molar-refractivity contribution is 7.12. The minimum Gasteiger partial charge on any atom is -0.366 e. The fourth-order valence-electron chi connectivity index (χ4n) is 3.20. The molecule has 0 bridgehead atoms. The van der Waals surface area contributed by atoms with Crippen LogP contribution in [0.1, 0.15) is 9.67 Å². The second-order valence-corrected chi connectivity index (χ2v) is 6.98. The first kappa shape index (κ1) is 16.7. The lowest BCUT2D eigenvalue weighted by Crippen LogP contribution is -2.49. The number of piperazine rings is 1. The number of nitrogens with zero attached hydrogens (tertiary/aromatic N) is 3. The average Bonchev–Trinajstić information content (AvgIpc) is 3.18. The van der Waals surface area contributed by atoms with Crippen molar-refractivity contribution >= 4 is 22.9 Å². The minimum atomic E-state index is -0.221. The van der Waals surface area contributed by atoms with Gasteiger partial charge >= 0.3 is 0 Å².